The molecule has 0 amide bonds. The number of fused-ring (bicyclic) bond motifs is 1. The molecule has 1 heterocycles. The number of pyridine rings is 1. The Morgan fingerprint density at radius 2 is 1.87 bits per heavy atom. The van der Waals surface area contributed by atoms with Crippen molar-refractivity contribution in [3.05, 3.63) is 35.5 Å². The molecular formula is C12H14ClNO. The highest BCUT2D eigenvalue weighted by Crippen LogP contribution is 2.24. The van der Waals surface area contributed by atoms with Gasteiger partial charge in [-0.1, -0.05) is 31.5 Å². The molecule has 0 unspecified atom stereocenters. The molecule has 3 heteroatoms. The van der Waals surface area contributed by atoms with Gasteiger partial charge in [0.05, 0.1) is 12.6 Å². The van der Waals surface area contributed by atoms with Gasteiger partial charge in [0, 0.05) is 5.39 Å². The van der Waals surface area contributed by atoms with Crippen LogP contribution in [0, 0.1) is 0 Å². The van der Waals surface area contributed by atoms with Crippen molar-refractivity contribution in [3.63, 3.8) is 0 Å². The first kappa shape index (κ1) is 11.8. The van der Waals surface area contributed by atoms with Crippen LogP contribution in [-0.4, -0.2) is 12.1 Å². The summed E-state index contributed by atoms with van der Waals surface area (Å²) in [5, 5.41) is 1.48. The van der Waals surface area contributed by atoms with Crippen molar-refractivity contribution in [1.29, 1.82) is 0 Å². The number of nitrogens with zero attached hydrogens (tertiary/aromatic N) is 1. The summed E-state index contributed by atoms with van der Waals surface area (Å²) in [6.07, 6.45) is 0. The van der Waals surface area contributed by atoms with Crippen LogP contribution in [0.2, 0.25) is 5.15 Å². The largest absolute Gasteiger partial charge is 0.496 e. The predicted octanol–water partition coefficient (Wildman–Crippen LogP) is 3.92. The zero-order valence-electron chi connectivity index (χ0n) is 9.12. The Morgan fingerprint density at radius 3 is 2.53 bits per heavy atom. The van der Waals surface area contributed by atoms with E-state index < -0.39 is 0 Å². The Labute approximate surface area is 94.9 Å². The number of rotatable bonds is 1. The molecule has 2 nitrogen and oxygen atoms in total. The molecule has 2 rings (SSSR count). The van der Waals surface area contributed by atoms with Crippen LogP contribution >= 0.6 is 11.6 Å². The first-order chi connectivity index (χ1) is 7.31. The Kier molecular flexibility index (Phi) is 4.37. The van der Waals surface area contributed by atoms with Gasteiger partial charge in [-0.15, -0.1) is 0 Å². The summed E-state index contributed by atoms with van der Waals surface area (Å²) in [7, 11) is 1.64. The van der Waals surface area contributed by atoms with E-state index in [9.17, 15) is 0 Å². The van der Waals surface area contributed by atoms with Crippen LogP contribution in [-0.2, 0) is 0 Å². The lowest BCUT2D eigenvalue weighted by Crippen LogP contribution is -1.86. The van der Waals surface area contributed by atoms with E-state index in [0.29, 0.717) is 5.15 Å². The normalized spacial score (nSPS) is 9.33. The van der Waals surface area contributed by atoms with E-state index in [1.165, 1.54) is 0 Å². The SMILES string of the molecule is CC.COc1cccc2nc(Cl)ccc12. The highest BCUT2D eigenvalue weighted by molar-refractivity contribution is 6.29. The third-order valence-corrected chi connectivity index (χ3v) is 2.09. The molecule has 1 aromatic carbocycles. The van der Waals surface area contributed by atoms with Crippen molar-refractivity contribution in [2.24, 2.45) is 0 Å². The highest BCUT2D eigenvalue weighted by Gasteiger charge is 2.01. The summed E-state index contributed by atoms with van der Waals surface area (Å²) in [5.41, 5.74) is 0.854. The third kappa shape index (κ3) is 2.60. The average molecular weight is 224 g/mol. The minimum Gasteiger partial charge on any atom is -0.496 e. The number of halogens is 1. The van der Waals surface area contributed by atoms with E-state index in [4.69, 9.17) is 16.3 Å². The number of benzene rings is 1. The molecule has 0 aliphatic carbocycles. The maximum atomic E-state index is 5.76. The molecule has 0 atom stereocenters. The Hall–Kier alpha value is -1.28. The van der Waals surface area contributed by atoms with Gasteiger partial charge in [-0.25, -0.2) is 4.98 Å². The second kappa shape index (κ2) is 5.56. The van der Waals surface area contributed by atoms with Crippen molar-refractivity contribution in [2.45, 2.75) is 13.8 Å². The molecule has 0 saturated carbocycles. The van der Waals surface area contributed by atoms with Gasteiger partial charge in [0.25, 0.3) is 0 Å². The van der Waals surface area contributed by atoms with E-state index in [2.05, 4.69) is 4.98 Å². The van der Waals surface area contributed by atoms with Gasteiger partial charge in [0.2, 0.25) is 0 Å². The van der Waals surface area contributed by atoms with Crippen LogP contribution < -0.4 is 4.74 Å². The highest BCUT2D eigenvalue weighted by atomic mass is 35.5. The topological polar surface area (TPSA) is 22.1 Å². The van der Waals surface area contributed by atoms with Crippen LogP contribution in [0.1, 0.15) is 13.8 Å². The lowest BCUT2D eigenvalue weighted by atomic mass is 10.2. The summed E-state index contributed by atoms with van der Waals surface area (Å²) in [4.78, 5) is 4.17. The zero-order valence-corrected chi connectivity index (χ0v) is 9.88. The molecule has 0 fully saturated rings. The number of methoxy groups -OCH3 is 1. The molecule has 0 spiro atoms. The minimum atomic E-state index is 0.501. The summed E-state index contributed by atoms with van der Waals surface area (Å²) in [6.45, 7) is 4.00. The van der Waals surface area contributed by atoms with Gasteiger partial charge in [0.1, 0.15) is 10.9 Å². The van der Waals surface area contributed by atoms with Crippen LogP contribution in [0.5, 0.6) is 5.75 Å². The van der Waals surface area contributed by atoms with Crippen LogP contribution in [0.3, 0.4) is 0 Å². The molecule has 15 heavy (non-hydrogen) atoms. The minimum absolute atomic E-state index is 0.501. The summed E-state index contributed by atoms with van der Waals surface area (Å²) in [6, 6.07) is 9.36. The van der Waals surface area contributed by atoms with E-state index in [1.54, 1.807) is 13.2 Å². The second-order valence-corrected chi connectivity index (χ2v) is 3.05. The van der Waals surface area contributed by atoms with Gasteiger partial charge in [0.15, 0.2) is 0 Å². The van der Waals surface area contributed by atoms with Crippen molar-refractivity contribution in [3.8, 4) is 5.75 Å². The fraction of sp³-hybridized carbons (Fsp3) is 0.250. The van der Waals surface area contributed by atoms with Crippen LogP contribution in [0.15, 0.2) is 30.3 Å². The lowest BCUT2D eigenvalue weighted by Gasteiger charge is -2.03. The number of hydrogen-bond donors (Lipinski definition) is 0. The second-order valence-electron chi connectivity index (χ2n) is 2.66. The van der Waals surface area contributed by atoms with E-state index in [-0.39, 0.29) is 0 Å². The molecule has 80 valence electrons. The summed E-state index contributed by atoms with van der Waals surface area (Å²) < 4.78 is 5.18. The molecule has 0 radical (unpaired) electrons. The van der Waals surface area contributed by atoms with Crippen molar-refractivity contribution in [1.82, 2.24) is 4.98 Å². The smallest absolute Gasteiger partial charge is 0.129 e. The van der Waals surface area contributed by atoms with Crippen LogP contribution in [0.25, 0.3) is 10.9 Å². The fourth-order valence-corrected chi connectivity index (χ4v) is 1.43. The van der Waals surface area contributed by atoms with E-state index in [1.807, 2.05) is 38.1 Å². The van der Waals surface area contributed by atoms with E-state index in [0.717, 1.165) is 16.7 Å². The number of ether oxygens (including phenoxy) is 1. The Bertz CT molecular complexity index is 443. The molecule has 0 bridgehead atoms. The Morgan fingerprint density at radius 1 is 1.13 bits per heavy atom. The average Bonchev–Trinajstić information content (AvgIpc) is 2.30. The molecular weight excluding hydrogens is 210 g/mol. The quantitative estimate of drug-likeness (QED) is 0.684. The van der Waals surface area contributed by atoms with Gasteiger partial charge >= 0.3 is 0 Å². The molecule has 2 aromatic rings. The molecule has 1 aromatic heterocycles. The maximum Gasteiger partial charge on any atom is 0.129 e. The predicted molar refractivity (Wildman–Crippen MR) is 64.7 cm³/mol. The standard InChI is InChI=1S/C10H8ClNO.C2H6/c1-13-9-4-2-3-8-7(9)5-6-10(11)12-8;1-2/h2-6H,1H3;1-2H3. The first-order valence-electron chi connectivity index (χ1n) is 4.90. The van der Waals surface area contributed by atoms with Gasteiger partial charge in [-0.2, -0.15) is 0 Å². The molecule has 0 aliphatic rings. The van der Waals surface area contributed by atoms with Gasteiger partial charge in [-0.3, -0.25) is 0 Å². The molecule has 0 aliphatic heterocycles. The van der Waals surface area contributed by atoms with Crippen molar-refractivity contribution >= 4 is 22.5 Å². The van der Waals surface area contributed by atoms with Crippen molar-refractivity contribution in [2.75, 3.05) is 7.11 Å². The Balaban J connectivity index is 0.000000531. The first-order valence-corrected chi connectivity index (χ1v) is 5.28. The zero-order chi connectivity index (χ0) is 11.3. The summed E-state index contributed by atoms with van der Waals surface area (Å²) >= 11 is 5.76. The third-order valence-electron chi connectivity index (χ3n) is 1.88. The monoisotopic (exact) mass is 223 g/mol. The van der Waals surface area contributed by atoms with Crippen LogP contribution in [0.4, 0.5) is 0 Å². The van der Waals surface area contributed by atoms with Gasteiger partial charge in [-0.05, 0) is 24.3 Å². The molecule has 0 N–H and O–H groups in total. The summed E-state index contributed by atoms with van der Waals surface area (Å²) in [5.74, 6) is 0.821. The van der Waals surface area contributed by atoms with Crippen molar-refractivity contribution < 1.29 is 4.74 Å². The van der Waals surface area contributed by atoms with E-state index >= 15 is 0 Å². The fourth-order valence-electron chi connectivity index (χ4n) is 1.28. The number of aromatic nitrogens is 1. The maximum absolute atomic E-state index is 5.76. The molecule has 0 saturated heterocycles. The lowest BCUT2D eigenvalue weighted by molar-refractivity contribution is 0.420. The van der Waals surface area contributed by atoms with Gasteiger partial charge < -0.3 is 4.74 Å². The number of hydrogen-bond acceptors (Lipinski definition) is 2.